The van der Waals surface area contributed by atoms with Gasteiger partial charge in [-0.05, 0) is 72.1 Å². The van der Waals surface area contributed by atoms with E-state index < -0.39 is 18.2 Å². The number of benzene rings is 3. The topological polar surface area (TPSA) is 86.8 Å². The van der Waals surface area contributed by atoms with E-state index in [4.69, 9.17) is 32.7 Å². The largest absolute Gasteiger partial charge is 0.491 e. The Morgan fingerprint density at radius 1 is 1.10 bits per heavy atom. The molecule has 7 nitrogen and oxygen atoms in total. The zero-order valence-electron chi connectivity index (χ0n) is 21.3. The zero-order valence-corrected chi connectivity index (χ0v) is 23.7. The third-order valence-corrected chi connectivity index (χ3v) is 7.69. The molecule has 0 bridgehead atoms. The van der Waals surface area contributed by atoms with Crippen molar-refractivity contribution in [2.45, 2.75) is 25.5 Å². The highest BCUT2D eigenvalue weighted by Crippen LogP contribution is 2.40. The van der Waals surface area contributed by atoms with Gasteiger partial charge >= 0.3 is 6.09 Å². The second kappa shape index (κ2) is 12.5. The molecule has 2 heterocycles. The maximum atomic E-state index is 13.4. The van der Waals surface area contributed by atoms with Crippen molar-refractivity contribution in [3.63, 3.8) is 0 Å². The van der Waals surface area contributed by atoms with Gasteiger partial charge in [0.25, 0.3) is 0 Å². The second-order valence-electron chi connectivity index (χ2n) is 9.19. The van der Waals surface area contributed by atoms with Crippen molar-refractivity contribution in [1.82, 2.24) is 14.6 Å². The Hall–Kier alpha value is -2.88. The summed E-state index contributed by atoms with van der Waals surface area (Å²) in [5.41, 5.74) is 3.92. The average Bonchev–Trinajstić information content (AvgIpc) is 3.31. The first-order valence-corrected chi connectivity index (χ1v) is 14.5. The number of halogens is 2. The third kappa shape index (κ3) is 6.48. The van der Waals surface area contributed by atoms with Crippen molar-refractivity contribution in [2.24, 2.45) is 0 Å². The number of fused-ring (bicyclic) bond motifs is 3. The highest BCUT2D eigenvalue weighted by atomic mass is 35.5. The summed E-state index contributed by atoms with van der Waals surface area (Å²) in [6.07, 6.45) is -0.419. The first-order valence-electron chi connectivity index (χ1n) is 12.7. The summed E-state index contributed by atoms with van der Waals surface area (Å²) in [6.45, 7) is 3.13. The fraction of sp³-hybridized carbons (Fsp3) is 0.276. The Morgan fingerprint density at radius 2 is 1.82 bits per heavy atom. The number of ether oxygens (including phenoxy) is 2. The minimum Gasteiger partial charge on any atom is -0.491 e. The molecule has 5 rings (SSSR count). The molecule has 0 saturated carbocycles. The van der Waals surface area contributed by atoms with Crippen molar-refractivity contribution in [2.75, 3.05) is 25.4 Å². The highest BCUT2D eigenvalue weighted by Gasteiger charge is 2.35. The molecule has 2 unspecified atom stereocenters. The minimum atomic E-state index is -0.624. The third-order valence-electron chi connectivity index (χ3n) is 6.55. The summed E-state index contributed by atoms with van der Waals surface area (Å²) in [5, 5.41) is 12.4. The zero-order chi connectivity index (χ0) is 27.4. The van der Waals surface area contributed by atoms with Gasteiger partial charge in [0.1, 0.15) is 30.3 Å². The van der Waals surface area contributed by atoms with Crippen molar-refractivity contribution in [3.05, 3.63) is 93.6 Å². The number of aromatic amines is 1. The maximum absolute atomic E-state index is 13.4. The van der Waals surface area contributed by atoms with Gasteiger partial charge in [0, 0.05) is 45.5 Å². The van der Waals surface area contributed by atoms with Crippen LogP contribution in [0, 0.1) is 0 Å². The van der Waals surface area contributed by atoms with E-state index in [1.54, 1.807) is 41.1 Å². The number of hydrogen-bond acceptors (Lipinski definition) is 6. The van der Waals surface area contributed by atoms with Gasteiger partial charge in [-0.25, -0.2) is 4.79 Å². The van der Waals surface area contributed by atoms with Crippen LogP contribution in [0.2, 0.25) is 10.0 Å². The van der Waals surface area contributed by atoms with E-state index in [9.17, 15) is 9.90 Å². The van der Waals surface area contributed by atoms with Gasteiger partial charge in [0.15, 0.2) is 0 Å². The number of amides is 1. The number of hydrogen-bond donors (Lipinski definition) is 3. The number of nitrogens with one attached hydrogen (secondary N) is 2. The molecule has 3 aromatic carbocycles. The fourth-order valence-electron chi connectivity index (χ4n) is 4.72. The molecule has 1 aliphatic heterocycles. The van der Waals surface area contributed by atoms with Crippen LogP contribution in [-0.4, -0.2) is 52.6 Å². The number of aliphatic hydroxyl groups is 1. The van der Waals surface area contributed by atoms with Crippen LogP contribution in [0.15, 0.2) is 66.7 Å². The first-order chi connectivity index (χ1) is 18.9. The van der Waals surface area contributed by atoms with E-state index in [1.165, 1.54) is 0 Å². The van der Waals surface area contributed by atoms with Crippen LogP contribution < -0.4 is 14.2 Å². The summed E-state index contributed by atoms with van der Waals surface area (Å²) < 4.78 is 14.6. The van der Waals surface area contributed by atoms with E-state index in [1.807, 2.05) is 49.4 Å². The summed E-state index contributed by atoms with van der Waals surface area (Å²) >= 11 is 13.9. The van der Waals surface area contributed by atoms with Crippen LogP contribution in [0.1, 0.15) is 29.8 Å². The number of carbonyl (C=O) groups is 1. The normalized spacial score (nSPS) is 15.7. The molecule has 39 heavy (non-hydrogen) atoms. The number of aromatic nitrogens is 1. The predicted octanol–water partition coefficient (Wildman–Crippen LogP) is 6.62. The van der Waals surface area contributed by atoms with Crippen molar-refractivity contribution in [1.29, 1.82) is 0 Å². The SMILES string of the molecule is CCSNCC(O)COc1ccc(C2c3[nH]c4ccc(Cl)cc4c3CCN2C(=O)Oc2ccc(Cl)cc2)cc1. The Bertz CT molecular complexity index is 1430. The molecular weight excluding hydrogens is 557 g/mol. The van der Waals surface area contributed by atoms with Crippen LogP contribution >= 0.6 is 35.1 Å². The van der Waals surface area contributed by atoms with Crippen LogP contribution in [0.3, 0.4) is 0 Å². The summed E-state index contributed by atoms with van der Waals surface area (Å²) in [4.78, 5) is 18.7. The second-order valence-corrected chi connectivity index (χ2v) is 11.2. The molecule has 3 N–H and O–H groups in total. The van der Waals surface area contributed by atoms with Crippen molar-refractivity contribution < 1.29 is 19.4 Å². The van der Waals surface area contributed by atoms with E-state index >= 15 is 0 Å². The van der Waals surface area contributed by atoms with E-state index in [2.05, 4.69) is 9.71 Å². The van der Waals surface area contributed by atoms with Gasteiger partial charge in [0.05, 0.1) is 0 Å². The molecule has 2 atom stereocenters. The highest BCUT2D eigenvalue weighted by molar-refractivity contribution is 7.97. The standard InChI is InChI=1S/C29H29Cl2N3O4S/c1-2-39-32-16-21(35)17-37-22-8-3-18(4-9-22)28-27-24(25-15-20(31)7-12-26(25)33-27)13-14-34(28)29(36)38-23-10-5-19(30)6-11-23/h3-12,15,21,28,32-33,35H,2,13-14,16-17H2,1H3. The van der Waals surface area contributed by atoms with Gasteiger partial charge in [0.2, 0.25) is 0 Å². The Labute approximate surface area is 241 Å². The average molecular weight is 587 g/mol. The predicted molar refractivity (Wildman–Crippen MR) is 157 cm³/mol. The monoisotopic (exact) mass is 585 g/mol. The van der Waals surface area contributed by atoms with Crippen molar-refractivity contribution in [3.8, 4) is 11.5 Å². The minimum absolute atomic E-state index is 0.173. The van der Waals surface area contributed by atoms with Gasteiger partial charge in [-0.3, -0.25) is 9.62 Å². The van der Waals surface area contributed by atoms with Crippen LogP contribution in [-0.2, 0) is 6.42 Å². The molecule has 0 spiro atoms. The Morgan fingerprint density at radius 3 is 2.56 bits per heavy atom. The van der Waals surface area contributed by atoms with Gasteiger partial charge in [-0.1, -0.05) is 54.2 Å². The number of carbonyl (C=O) groups excluding carboxylic acids is 1. The number of rotatable bonds is 9. The first kappa shape index (κ1) is 27.7. The Kier molecular flexibility index (Phi) is 8.89. The molecule has 204 valence electrons. The molecular formula is C29H29Cl2N3O4S. The smallest absolute Gasteiger partial charge is 0.416 e. The molecule has 4 aromatic rings. The van der Waals surface area contributed by atoms with Gasteiger partial charge < -0.3 is 19.6 Å². The summed E-state index contributed by atoms with van der Waals surface area (Å²) in [7, 11) is 0. The van der Waals surface area contributed by atoms with Crippen LogP contribution in [0.25, 0.3) is 10.9 Å². The molecule has 10 heteroatoms. The lowest BCUT2D eigenvalue weighted by Crippen LogP contribution is -2.42. The number of nitrogens with zero attached hydrogens (tertiary/aromatic N) is 1. The molecule has 0 aliphatic carbocycles. The summed E-state index contributed by atoms with van der Waals surface area (Å²) in [5.74, 6) is 1.98. The number of aliphatic hydroxyl groups excluding tert-OH is 1. The molecule has 0 fully saturated rings. The molecule has 0 radical (unpaired) electrons. The lowest BCUT2D eigenvalue weighted by molar-refractivity contribution is 0.111. The lowest BCUT2D eigenvalue weighted by Gasteiger charge is -2.35. The lowest BCUT2D eigenvalue weighted by atomic mass is 9.92. The van der Waals surface area contributed by atoms with Gasteiger partial charge in [-0.15, -0.1) is 0 Å². The van der Waals surface area contributed by atoms with E-state index in [0.29, 0.717) is 41.1 Å². The van der Waals surface area contributed by atoms with Crippen LogP contribution in [0.5, 0.6) is 11.5 Å². The maximum Gasteiger partial charge on any atom is 0.416 e. The van der Waals surface area contributed by atoms with E-state index in [-0.39, 0.29) is 6.61 Å². The van der Waals surface area contributed by atoms with Gasteiger partial charge in [-0.2, -0.15) is 0 Å². The molecule has 1 aromatic heterocycles. The molecule has 1 amide bonds. The molecule has 1 aliphatic rings. The van der Waals surface area contributed by atoms with Crippen LogP contribution in [0.4, 0.5) is 4.79 Å². The quantitative estimate of drug-likeness (QED) is 0.151. The molecule has 0 saturated heterocycles. The van der Waals surface area contributed by atoms with E-state index in [0.717, 1.165) is 33.5 Å². The fourth-order valence-corrected chi connectivity index (χ4v) is 5.53. The number of H-pyrrole nitrogens is 1. The summed E-state index contributed by atoms with van der Waals surface area (Å²) in [6, 6.07) is 19.7. The Balaban J connectivity index is 1.41. The van der Waals surface area contributed by atoms with Crippen molar-refractivity contribution >= 4 is 52.1 Å².